The summed E-state index contributed by atoms with van der Waals surface area (Å²) in [6.07, 6.45) is -0.0925. The van der Waals surface area contributed by atoms with Crippen LogP contribution in [0.1, 0.15) is 30.6 Å². The number of anilines is 3. The summed E-state index contributed by atoms with van der Waals surface area (Å²) < 4.78 is 0. The van der Waals surface area contributed by atoms with Crippen molar-refractivity contribution in [2.45, 2.75) is 20.3 Å². The molecule has 0 atom stereocenters. The fraction of sp³-hybridized carbons (Fsp3) is 0.158. The first-order valence-corrected chi connectivity index (χ1v) is 8.70. The summed E-state index contributed by atoms with van der Waals surface area (Å²) in [6.45, 7) is 2.94. The van der Waals surface area contributed by atoms with Crippen molar-refractivity contribution < 1.29 is 19.3 Å². The summed E-state index contributed by atoms with van der Waals surface area (Å²) in [6, 6.07) is 10.0. The molecule has 0 saturated carbocycles. The van der Waals surface area contributed by atoms with E-state index in [9.17, 15) is 24.5 Å². The van der Waals surface area contributed by atoms with Crippen molar-refractivity contribution in [3.8, 4) is 0 Å². The van der Waals surface area contributed by atoms with E-state index >= 15 is 0 Å². The Bertz CT molecular complexity index is 1020. The summed E-state index contributed by atoms with van der Waals surface area (Å²) in [5.41, 5.74) is 8.97. The maximum absolute atomic E-state index is 12.1. The standard InChI is InChI=1S/C19H20N6O5/c1-11(7-18(27)22-16-5-3-15(4-6-16)21-12(2)26)23-24-19(28)13-8-14(20)10-17(9-13)25(29)30/h3-6,8-10H,7,20H2,1-2H3,(H,21,26)(H,22,27)(H,24,28). The van der Waals surface area contributed by atoms with Gasteiger partial charge in [0.05, 0.1) is 16.9 Å². The van der Waals surface area contributed by atoms with Crippen LogP contribution in [0, 0.1) is 10.1 Å². The minimum Gasteiger partial charge on any atom is -0.399 e. The lowest BCUT2D eigenvalue weighted by Crippen LogP contribution is -2.21. The Kier molecular flexibility index (Phi) is 7.17. The molecule has 2 aromatic carbocycles. The highest BCUT2D eigenvalue weighted by Gasteiger charge is 2.14. The Hall–Kier alpha value is -4.28. The van der Waals surface area contributed by atoms with Crippen LogP contribution in [0.15, 0.2) is 47.6 Å². The predicted octanol–water partition coefficient (Wildman–Crippen LogP) is 2.27. The minimum atomic E-state index is -0.696. The van der Waals surface area contributed by atoms with Gasteiger partial charge in [0.1, 0.15) is 0 Å². The molecule has 2 aromatic rings. The number of nitrogens with zero attached hydrogens (tertiary/aromatic N) is 2. The Balaban J connectivity index is 1.93. The van der Waals surface area contributed by atoms with Gasteiger partial charge in [-0.25, -0.2) is 5.43 Å². The van der Waals surface area contributed by atoms with Gasteiger partial charge in [-0.2, -0.15) is 5.10 Å². The molecule has 2 rings (SSSR count). The van der Waals surface area contributed by atoms with E-state index in [0.717, 1.165) is 12.1 Å². The van der Waals surface area contributed by atoms with Crippen molar-refractivity contribution >= 4 is 46.2 Å². The smallest absolute Gasteiger partial charge is 0.272 e. The molecular weight excluding hydrogens is 392 g/mol. The molecule has 0 aromatic heterocycles. The molecule has 0 heterocycles. The van der Waals surface area contributed by atoms with Gasteiger partial charge in [-0.3, -0.25) is 24.5 Å². The first-order valence-electron chi connectivity index (χ1n) is 8.70. The molecule has 0 fully saturated rings. The van der Waals surface area contributed by atoms with E-state index in [-0.39, 0.29) is 35.2 Å². The molecule has 0 aliphatic heterocycles. The van der Waals surface area contributed by atoms with Crippen molar-refractivity contribution in [3.05, 3.63) is 58.1 Å². The topological polar surface area (TPSA) is 169 Å². The molecule has 0 spiro atoms. The number of nitro groups is 1. The number of hydrogen-bond acceptors (Lipinski definition) is 7. The summed E-state index contributed by atoms with van der Waals surface area (Å²) in [7, 11) is 0. The number of non-ortho nitro benzene ring substituents is 1. The van der Waals surface area contributed by atoms with Crippen molar-refractivity contribution in [3.63, 3.8) is 0 Å². The summed E-state index contributed by atoms with van der Waals surface area (Å²) in [4.78, 5) is 45.4. The van der Waals surface area contributed by atoms with Crippen LogP contribution in [0.25, 0.3) is 0 Å². The molecule has 3 amide bonds. The molecule has 11 nitrogen and oxygen atoms in total. The number of nitrogens with two attached hydrogens (primary N) is 1. The van der Waals surface area contributed by atoms with Crippen molar-refractivity contribution in [2.75, 3.05) is 16.4 Å². The quantitative estimate of drug-likeness (QED) is 0.235. The third-order valence-corrected chi connectivity index (χ3v) is 3.67. The minimum absolute atomic E-state index is 0.0260. The molecule has 11 heteroatoms. The zero-order valence-electron chi connectivity index (χ0n) is 16.3. The van der Waals surface area contributed by atoms with E-state index in [4.69, 9.17) is 5.73 Å². The van der Waals surface area contributed by atoms with Crippen LogP contribution >= 0.6 is 0 Å². The molecule has 5 N–H and O–H groups in total. The Morgan fingerprint density at radius 2 is 1.63 bits per heavy atom. The Morgan fingerprint density at radius 1 is 1.03 bits per heavy atom. The van der Waals surface area contributed by atoms with Crippen molar-refractivity contribution in [2.24, 2.45) is 5.10 Å². The van der Waals surface area contributed by atoms with Crippen LogP contribution in [-0.2, 0) is 9.59 Å². The fourth-order valence-electron chi connectivity index (χ4n) is 2.40. The summed E-state index contributed by atoms with van der Waals surface area (Å²) in [5.74, 6) is -1.26. The lowest BCUT2D eigenvalue weighted by atomic mass is 10.1. The molecule has 0 aliphatic carbocycles. The molecule has 30 heavy (non-hydrogen) atoms. The van der Waals surface area contributed by atoms with Gasteiger partial charge >= 0.3 is 0 Å². The highest BCUT2D eigenvalue weighted by molar-refractivity contribution is 6.06. The van der Waals surface area contributed by atoms with Gasteiger partial charge < -0.3 is 16.4 Å². The zero-order valence-corrected chi connectivity index (χ0v) is 16.3. The number of nitrogens with one attached hydrogen (secondary N) is 3. The number of benzene rings is 2. The first-order chi connectivity index (χ1) is 14.1. The van der Waals surface area contributed by atoms with Gasteiger partial charge in [-0.15, -0.1) is 0 Å². The number of rotatable bonds is 7. The number of nitro benzene ring substituents is 1. The average Bonchev–Trinajstić information content (AvgIpc) is 2.66. The molecule has 0 bridgehead atoms. The van der Waals surface area contributed by atoms with Crippen molar-refractivity contribution in [1.29, 1.82) is 0 Å². The van der Waals surface area contributed by atoms with E-state index in [1.165, 1.54) is 13.0 Å². The van der Waals surface area contributed by atoms with E-state index in [1.807, 2.05) is 0 Å². The molecule has 156 valence electrons. The van der Waals surface area contributed by atoms with Crippen LogP contribution in [0.5, 0.6) is 0 Å². The molecule has 0 radical (unpaired) electrons. The van der Waals surface area contributed by atoms with Crippen LogP contribution in [0.2, 0.25) is 0 Å². The van der Waals surface area contributed by atoms with Crippen LogP contribution in [0.3, 0.4) is 0 Å². The largest absolute Gasteiger partial charge is 0.399 e. The van der Waals surface area contributed by atoms with Crippen molar-refractivity contribution in [1.82, 2.24) is 5.43 Å². The highest BCUT2D eigenvalue weighted by Crippen LogP contribution is 2.18. The van der Waals surface area contributed by atoms with Gasteiger partial charge in [-0.1, -0.05) is 0 Å². The second kappa shape index (κ2) is 9.78. The zero-order chi connectivity index (χ0) is 22.3. The van der Waals surface area contributed by atoms with E-state index in [1.54, 1.807) is 31.2 Å². The normalized spacial score (nSPS) is 10.8. The first kappa shape index (κ1) is 22.0. The lowest BCUT2D eigenvalue weighted by molar-refractivity contribution is -0.384. The average molecular weight is 412 g/mol. The van der Waals surface area contributed by atoms with Gasteiger partial charge in [0.25, 0.3) is 11.6 Å². The second-order valence-electron chi connectivity index (χ2n) is 6.34. The lowest BCUT2D eigenvalue weighted by Gasteiger charge is -2.07. The maximum Gasteiger partial charge on any atom is 0.272 e. The fourth-order valence-corrected chi connectivity index (χ4v) is 2.40. The van der Waals surface area contributed by atoms with E-state index < -0.39 is 10.8 Å². The van der Waals surface area contributed by atoms with Gasteiger partial charge in [0.2, 0.25) is 11.8 Å². The van der Waals surface area contributed by atoms with Gasteiger partial charge in [0.15, 0.2) is 0 Å². The maximum atomic E-state index is 12.1. The predicted molar refractivity (Wildman–Crippen MR) is 112 cm³/mol. The molecule has 0 unspecified atom stereocenters. The molecule has 0 aliphatic rings. The molecule has 0 saturated heterocycles. The third-order valence-electron chi connectivity index (χ3n) is 3.67. The number of hydrogen-bond donors (Lipinski definition) is 4. The highest BCUT2D eigenvalue weighted by atomic mass is 16.6. The van der Waals surface area contributed by atoms with Crippen LogP contribution in [-0.4, -0.2) is 28.4 Å². The number of hydrazone groups is 1. The van der Waals surface area contributed by atoms with Gasteiger partial charge in [0, 0.05) is 41.8 Å². The Labute approximate surface area is 171 Å². The summed E-state index contributed by atoms with van der Waals surface area (Å²) in [5, 5.41) is 20.0. The summed E-state index contributed by atoms with van der Waals surface area (Å²) >= 11 is 0. The van der Waals surface area contributed by atoms with Crippen LogP contribution in [0.4, 0.5) is 22.7 Å². The molecular formula is C19H20N6O5. The van der Waals surface area contributed by atoms with Gasteiger partial charge in [-0.05, 0) is 37.3 Å². The third kappa shape index (κ3) is 6.71. The monoisotopic (exact) mass is 412 g/mol. The van der Waals surface area contributed by atoms with E-state index in [2.05, 4.69) is 21.2 Å². The number of carbonyl (C=O) groups excluding carboxylic acids is 3. The Morgan fingerprint density at radius 3 is 2.20 bits per heavy atom. The number of nitrogen functional groups attached to an aromatic ring is 1. The second-order valence-corrected chi connectivity index (χ2v) is 6.34. The SMILES string of the molecule is CC(=O)Nc1ccc(NC(=O)CC(C)=NNC(=O)c2cc(N)cc([N+](=O)[O-])c2)cc1. The van der Waals surface area contributed by atoms with E-state index in [0.29, 0.717) is 17.1 Å². The number of carbonyl (C=O) groups is 3. The number of amides is 3. The van der Waals surface area contributed by atoms with Crippen LogP contribution < -0.4 is 21.8 Å².